The molecule has 1 aliphatic heterocycles. The summed E-state index contributed by atoms with van der Waals surface area (Å²) in [7, 11) is 2.01. The van der Waals surface area contributed by atoms with Gasteiger partial charge in [0.2, 0.25) is 0 Å². The fourth-order valence-corrected chi connectivity index (χ4v) is 0.886. The Kier molecular flexibility index (Phi) is 3.33. The summed E-state index contributed by atoms with van der Waals surface area (Å²) < 4.78 is 0. The molecule has 0 saturated carbocycles. The summed E-state index contributed by atoms with van der Waals surface area (Å²) in [5, 5.41) is 0. The Hall–Kier alpha value is -1.31. The minimum absolute atomic E-state index is 0.908. The lowest BCUT2D eigenvalue weighted by Crippen LogP contribution is -2.15. The summed E-state index contributed by atoms with van der Waals surface area (Å²) in [6.07, 6.45) is 12.0. The lowest BCUT2D eigenvalue weighted by atomic mass is 10.3. The summed E-state index contributed by atoms with van der Waals surface area (Å²) in [5.74, 6) is 0. The van der Waals surface area contributed by atoms with Crippen LogP contribution in [0.4, 0.5) is 0 Å². The van der Waals surface area contributed by atoms with Crippen molar-refractivity contribution in [3.63, 3.8) is 0 Å². The lowest BCUT2D eigenvalue weighted by Gasteiger charge is -2.08. The molecular weight excluding hydrogens is 148 g/mol. The smallest absolute Gasteiger partial charge is 0.0912 e. The van der Waals surface area contributed by atoms with E-state index in [4.69, 9.17) is 0 Å². The van der Waals surface area contributed by atoms with Crippen LogP contribution in [0.3, 0.4) is 0 Å². The third-order valence-corrected chi connectivity index (χ3v) is 1.61. The van der Waals surface area contributed by atoms with Crippen molar-refractivity contribution in [3.05, 3.63) is 36.1 Å². The van der Waals surface area contributed by atoms with Crippen LogP contribution in [-0.2, 0) is 0 Å². The van der Waals surface area contributed by atoms with Crippen molar-refractivity contribution in [1.82, 2.24) is 4.90 Å². The first-order valence-electron chi connectivity index (χ1n) is 4.07. The van der Waals surface area contributed by atoms with Crippen molar-refractivity contribution in [2.24, 2.45) is 4.99 Å². The molecule has 0 saturated heterocycles. The van der Waals surface area contributed by atoms with Gasteiger partial charge in [-0.05, 0) is 13.0 Å². The molecule has 0 aromatic heterocycles. The van der Waals surface area contributed by atoms with Gasteiger partial charge in [-0.25, -0.2) is 4.99 Å². The van der Waals surface area contributed by atoms with Gasteiger partial charge in [-0.3, -0.25) is 0 Å². The Balaban J connectivity index is 2.79. The van der Waals surface area contributed by atoms with Crippen molar-refractivity contribution < 1.29 is 0 Å². The van der Waals surface area contributed by atoms with Gasteiger partial charge in [-0.1, -0.05) is 24.3 Å². The van der Waals surface area contributed by atoms with Gasteiger partial charge < -0.3 is 4.90 Å². The first-order chi connectivity index (χ1) is 5.83. The molecule has 12 heavy (non-hydrogen) atoms. The van der Waals surface area contributed by atoms with Crippen molar-refractivity contribution in [3.8, 4) is 0 Å². The fourth-order valence-electron chi connectivity index (χ4n) is 0.886. The third-order valence-electron chi connectivity index (χ3n) is 1.61. The van der Waals surface area contributed by atoms with E-state index in [0.717, 1.165) is 12.2 Å². The molecule has 1 aliphatic rings. The lowest BCUT2D eigenvalue weighted by molar-refractivity contribution is 0.581. The Bertz CT molecular complexity index is 247. The fraction of sp³-hybridized carbons (Fsp3) is 0.300. The highest BCUT2D eigenvalue weighted by molar-refractivity contribution is 5.57. The van der Waals surface area contributed by atoms with E-state index in [2.05, 4.69) is 11.1 Å². The molecule has 0 spiro atoms. The first-order valence-corrected chi connectivity index (χ1v) is 4.07. The molecule has 0 amide bonds. The third kappa shape index (κ3) is 2.74. The van der Waals surface area contributed by atoms with Crippen LogP contribution in [0.1, 0.15) is 6.92 Å². The van der Waals surface area contributed by atoms with E-state index in [0.29, 0.717) is 0 Å². The quantitative estimate of drug-likeness (QED) is 0.531. The normalized spacial score (nSPS) is 26.2. The van der Waals surface area contributed by atoms with Crippen molar-refractivity contribution in [2.75, 3.05) is 13.6 Å². The van der Waals surface area contributed by atoms with E-state index >= 15 is 0 Å². The zero-order valence-electron chi connectivity index (χ0n) is 7.57. The Labute approximate surface area is 73.6 Å². The molecule has 0 fully saturated rings. The monoisotopic (exact) mass is 162 g/mol. The largest absolute Gasteiger partial charge is 0.362 e. The molecule has 0 unspecified atom stereocenters. The topological polar surface area (TPSA) is 15.6 Å². The summed E-state index contributed by atoms with van der Waals surface area (Å²) in [4.78, 5) is 6.31. The highest BCUT2D eigenvalue weighted by atomic mass is 15.1. The molecule has 0 aromatic rings. The molecule has 1 rings (SSSR count). The molecule has 0 bridgehead atoms. The van der Waals surface area contributed by atoms with Crippen LogP contribution in [0.25, 0.3) is 0 Å². The maximum atomic E-state index is 4.28. The van der Waals surface area contributed by atoms with E-state index in [-0.39, 0.29) is 0 Å². The van der Waals surface area contributed by atoms with Crippen LogP contribution in [0.5, 0.6) is 0 Å². The molecule has 0 N–H and O–H groups in total. The minimum Gasteiger partial charge on any atom is -0.362 e. The van der Waals surface area contributed by atoms with Gasteiger partial charge in [-0.15, -0.1) is 0 Å². The van der Waals surface area contributed by atoms with Crippen molar-refractivity contribution in [2.45, 2.75) is 6.92 Å². The van der Waals surface area contributed by atoms with Gasteiger partial charge in [0.05, 0.1) is 12.0 Å². The molecule has 1 heterocycles. The second-order valence-corrected chi connectivity index (χ2v) is 2.68. The average Bonchev–Trinajstić information content (AvgIpc) is 2.17. The van der Waals surface area contributed by atoms with E-state index in [1.807, 2.05) is 49.5 Å². The summed E-state index contributed by atoms with van der Waals surface area (Å²) in [5.41, 5.74) is 0.994. The maximum Gasteiger partial charge on any atom is 0.0912 e. The van der Waals surface area contributed by atoms with E-state index in [1.165, 1.54) is 0 Å². The highest BCUT2D eigenvalue weighted by Gasteiger charge is 1.89. The second-order valence-electron chi connectivity index (χ2n) is 2.68. The number of aliphatic imine (C=N–C) groups is 1. The highest BCUT2D eigenvalue weighted by Crippen LogP contribution is 2.00. The number of hydrogen-bond donors (Lipinski definition) is 0. The zero-order valence-corrected chi connectivity index (χ0v) is 7.57. The number of allylic oxidation sites excluding steroid dienone is 4. The number of hydrogen-bond acceptors (Lipinski definition) is 2. The summed E-state index contributed by atoms with van der Waals surface area (Å²) >= 11 is 0. The number of nitrogens with zero attached hydrogens (tertiary/aromatic N) is 2. The zero-order chi connectivity index (χ0) is 8.81. The molecule has 0 aliphatic carbocycles. The predicted octanol–water partition coefficient (Wildman–Crippen LogP) is 1.98. The van der Waals surface area contributed by atoms with Crippen LogP contribution < -0.4 is 0 Å². The van der Waals surface area contributed by atoms with Gasteiger partial charge in [0.15, 0.2) is 0 Å². The molecule has 2 nitrogen and oxygen atoms in total. The van der Waals surface area contributed by atoms with Crippen LogP contribution in [0.15, 0.2) is 41.1 Å². The van der Waals surface area contributed by atoms with Crippen LogP contribution in [-0.4, -0.2) is 24.8 Å². The molecule has 0 radical (unpaired) electrons. The van der Waals surface area contributed by atoms with E-state index in [9.17, 15) is 0 Å². The molecule has 64 valence electrons. The molecule has 2 heteroatoms. The minimum atomic E-state index is 0.908. The standard InChI is InChI=1S/C10H14N2/c1-3-10-7-5-4-6-8-12(2)9-11-10/h3-7,9H,8H2,1-2H3/b6-4-,7-5+,10-3-,11-9?. The molecular formula is C10H14N2. The van der Waals surface area contributed by atoms with E-state index in [1.54, 1.807) is 0 Å². The van der Waals surface area contributed by atoms with Gasteiger partial charge >= 0.3 is 0 Å². The summed E-state index contributed by atoms with van der Waals surface area (Å²) in [6, 6.07) is 0. The van der Waals surface area contributed by atoms with Crippen molar-refractivity contribution in [1.29, 1.82) is 0 Å². The Morgan fingerprint density at radius 2 is 2.33 bits per heavy atom. The van der Waals surface area contributed by atoms with Gasteiger partial charge in [0.25, 0.3) is 0 Å². The summed E-state index contributed by atoms with van der Waals surface area (Å²) in [6.45, 7) is 2.89. The Morgan fingerprint density at radius 3 is 3.08 bits per heavy atom. The molecule has 0 atom stereocenters. The van der Waals surface area contributed by atoms with Crippen LogP contribution in [0.2, 0.25) is 0 Å². The SMILES string of the molecule is C/C=C1/C=C/C=C\CN(C)C=N1. The van der Waals surface area contributed by atoms with Crippen LogP contribution >= 0.6 is 0 Å². The average molecular weight is 162 g/mol. The van der Waals surface area contributed by atoms with E-state index < -0.39 is 0 Å². The van der Waals surface area contributed by atoms with Gasteiger partial charge in [-0.2, -0.15) is 0 Å². The second kappa shape index (κ2) is 4.54. The van der Waals surface area contributed by atoms with Gasteiger partial charge in [0, 0.05) is 13.6 Å². The van der Waals surface area contributed by atoms with Crippen molar-refractivity contribution >= 4 is 6.34 Å². The number of likely N-dealkylation sites (N-methyl/N-ethyl adjacent to an activating group) is 1. The predicted molar refractivity (Wildman–Crippen MR) is 53.2 cm³/mol. The Morgan fingerprint density at radius 1 is 1.50 bits per heavy atom. The first kappa shape index (κ1) is 8.78. The molecule has 0 aromatic carbocycles. The number of rotatable bonds is 0. The van der Waals surface area contributed by atoms with Gasteiger partial charge in [0.1, 0.15) is 0 Å². The van der Waals surface area contributed by atoms with Crippen LogP contribution in [0, 0.1) is 0 Å². The maximum absolute atomic E-state index is 4.28.